The molecule has 7 aromatic carbocycles. The van der Waals surface area contributed by atoms with E-state index < -0.39 is 0 Å². The van der Waals surface area contributed by atoms with Gasteiger partial charge in [0, 0.05) is 16.7 Å². The first-order valence-corrected chi connectivity index (χ1v) is 20.4. The zero-order valence-electron chi connectivity index (χ0n) is 33.6. The fourth-order valence-electron chi connectivity index (χ4n) is 8.74. The van der Waals surface area contributed by atoms with Crippen LogP contribution in [-0.2, 0) is 10.8 Å². The molecule has 0 unspecified atom stereocenters. The van der Waals surface area contributed by atoms with E-state index in [0.29, 0.717) is 5.92 Å². The number of hydrogen-bond donors (Lipinski definition) is 0. The van der Waals surface area contributed by atoms with Crippen molar-refractivity contribution in [3.05, 3.63) is 174 Å². The van der Waals surface area contributed by atoms with Gasteiger partial charge in [0.15, 0.2) is 0 Å². The van der Waals surface area contributed by atoms with E-state index in [4.69, 9.17) is 0 Å². The van der Waals surface area contributed by atoms with Crippen LogP contribution in [0, 0.1) is 0 Å². The average Bonchev–Trinajstić information content (AvgIpc) is 3.21. The van der Waals surface area contributed by atoms with Gasteiger partial charge in [-0.05, 0) is 91.9 Å². The van der Waals surface area contributed by atoms with Gasteiger partial charge in [-0.15, -0.1) is 0 Å². The van der Waals surface area contributed by atoms with Crippen LogP contribution in [0.2, 0.25) is 0 Å². The van der Waals surface area contributed by atoms with E-state index in [1.165, 1.54) is 104 Å². The highest BCUT2D eigenvalue weighted by atomic mass is 15.1. The number of nitrogens with zero attached hydrogens (tertiary/aromatic N) is 1. The quantitative estimate of drug-likeness (QED) is 0.159. The Hall–Kier alpha value is -5.40. The van der Waals surface area contributed by atoms with Crippen molar-refractivity contribution in [3.63, 3.8) is 0 Å². The second kappa shape index (κ2) is 15.0. The predicted molar refractivity (Wildman–Crippen MR) is 238 cm³/mol. The first kappa shape index (κ1) is 36.6. The van der Waals surface area contributed by atoms with Gasteiger partial charge in [0.05, 0.1) is 17.1 Å². The molecule has 0 spiro atoms. The Morgan fingerprint density at radius 1 is 0.418 bits per heavy atom. The summed E-state index contributed by atoms with van der Waals surface area (Å²) in [5.41, 5.74) is 15.1. The van der Waals surface area contributed by atoms with Gasteiger partial charge < -0.3 is 4.90 Å². The van der Waals surface area contributed by atoms with Gasteiger partial charge in [0.1, 0.15) is 0 Å². The molecule has 1 aliphatic carbocycles. The molecule has 1 nitrogen and oxygen atoms in total. The normalized spacial score (nSPS) is 13.9. The Balaban J connectivity index is 1.44. The molecule has 0 amide bonds. The lowest BCUT2D eigenvalue weighted by Gasteiger charge is -2.33. The monoisotopic (exact) mass is 717 g/mol. The van der Waals surface area contributed by atoms with Crippen LogP contribution in [0.25, 0.3) is 44.2 Å². The summed E-state index contributed by atoms with van der Waals surface area (Å²) in [4.78, 5) is 2.57. The lowest BCUT2D eigenvalue weighted by Crippen LogP contribution is -2.17. The molecule has 7 aromatic rings. The summed E-state index contributed by atoms with van der Waals surface area (Å²) in [6, 6.07) is 59.4. The van der Waals surface area contributed by atoms with Crippen molar-refractivity contribution in [2.45, 2.75) is 90.4 Å². The van der Waals surface area contributed by atoms with Gasteiger partial charge in [-0.25, -0.2) is 0 Å². The first-order chi connectivity index (χ1) is 26.6. The fraction of sp³-hybridized carbons (Fsp3) is 0.259. The molecule has 0 saturated heterocycles. The van der Waals surface area contributed by atoms with Gasteiger partial charge in [0.2, 0.25) is 0 Å². The molecular formula is C54H55N. The Labute approximate surface area is 329 Å². The molecule has 55 heavy (non-hydrogen) atoms. The molecule has 0 radical (unpaired) electrons. The lowest BCUT2D eigenvalue weighted by molar-refractivity contribution is 0.445. The summed E-state index contributed by atoms with van der Waals surface area (Å²) < 4.78 is 0. The van der Waals surface area contributed by atoms with Crippen molar-refractivity contribution in [1.29, 1.82) is 0 Å². The third-order valence-corrected chi connectivity index (χ3v) is 11.8. The van der Waals surface area contributed by atoms with Crippen LogP contribution in [0.15, 0.2) is 158 Å². The number of anilines is 3. The van der Waals surface area contributed by atoms with Crippen molar-refractivity contribution in [2.24, 2.45) is 0 Å². The highest BCUT2D eigenvalue weighted by Crippen LogP contribution is 2.50. The molecule has 1 fully saturated rings. The Kier molecular flexibility index (Phi) is 9.99. The second-order valence-electron chi connectivity index (χ2n) is 17.6. The minimum absolute atomic E-state index is 0.0397. The molecule has 0 aromatic heterocycles. The van der Waals surface area contributed by atoms with E-state index in [2.05, 4.69) is 204 Å². The highest BCUT2D eigenvalue weighted by molar-refractivity contribution is 6.05. The maximum Gasteiger partial charge on any atom is 0.0543 e. The molecule has 0 aliphatic heterocycles. The smallest absolute Gasteiger partial charge is 0.0543 e. The van der Waals surface area contributed by atoms with Crippen LogP contribution < -0.4 is 4.90 Å². The Morgan fingerprint density at radius 2 is 0.945 bits per heavy atom. The SMILES string of the molecule is CC(C)(C)c1ccc(-c2ccccc2N(c2cc(C(C)(C)C)ccc2-c2ccccc2)c2ccccc2-c2cccc3cccc(C4CCCCC4)c23)cc1. The van der Waals surface area contributed by atoms with Crippen molar-refractivity contribution in [2.75, 3.05) is 4.90 Å². The summed E-state index contributed by atoms with van der Waals surface area (Å²) in [7, 11) is 0. The highest BCUT2D eigenvalue weighted by Gasteiger charge is 2.27. The van der Waals surface area contributed by atoms with Crippen LogP contribution >= 0.6 is 0 Å². The largest absolute Gasteiger partial charge is 0.309 e. The summed E-state index contributed by atoms with van der Waals surface area (Å²) in [5, 5.41) is 2.73. The second-order valence-corrected chi connectivity index (χ2v) is 17.6. The molecule has 8 rings (SSSR count). The van der Waals surface area contributed by atoms with Crippen molar-refractivity contribution in [3.8, 4) is 33.4 Å². The molecule has 0 heterocycles. The van der Waals surface area contributed by atoms with Crippen molar-refractivity contribution < 1.29 is 0 Å². The lowest BCUT2D eigenvalue weighted by atomic mass is 9.80. The Morgan fingerprint density at radius 3 is 1.62 bits per heavy atom. The van der Waals surface area contributed by atoms with Crippen LogP contribution in [-0.4, -0.2) is 0 Å². The summed E-state index contributed by atoms with van der Waals surface area (Å²) in [6.07, 6.45) is 6.51. The number of para-hydroxylation sites is 2. The topological polar surface area (TPSA) is 3.24 Å². The van der Waals surface area contributed by atoms with Crippen LogP contribution in [0.1, 0.15) is 96.3 Å². The minimum Gasteiger partial charge on any atom is -0.309 e. The maximum absolute atomic E-state index is 2.57. The summed E-state index contributed by atoms with van der Waals surface area (Å²) >= 11 is 0. The average molecular weight is 718 g/mol. The number of rotatable bonds is 7. The summed E-state index contributed by atoms with van der Waals surface area (Å²) in [6.45, 7) is 13.8. The van der Waals surface area contributed by atoms with Crippen molar-refractivity contribution in [1.82, 2.24) is 0 Å². The van der Waals surface area contributed by atoms with E-state index in [1.807, 2.05) is 0 Å². The van der Waals surface area contributed by atoms with E-state index >= 15 is 0 Å². The zero-order chi connectivity index (χ0) is 38.2. The number of fused-ring (bicyclic) bond motifs is 1. The van der Waals surface area contributed by atoms with Crippen LogP contribution in [0.4, 0.5) is 17.1 Å². The van der Waals surface area contributed by atoms with E-state index in [1.54, 1.807) is 0 Å². The molecule has 0 N–H and O–H groups in total. The number of benzene rings is 7. The minimum atomic E-state index is -0.0397. The van der Waals surface area contributed by atoms with Gasteiger partial charge in [-0.3, -0.25) is 0 Å². The fourth-order valence-corrected chi connectivity index (χ4v) is 8.74. The molecular weight excluding hydrogens is 663 g/mol. The van der Waals surface area contributed by atoms with Crippen molar-refractivity contribution >= 4 is 27.8 Å². The summed E-state index contributed by atoms with van der Waals surface area (Å²) in [5.74, 6) is 0.590. The standard InChI is InChI=1S/C54H55N/c1-53(2,3)42-33-31-40(32-34-42)44-25-13-15-29-49(44)55(51-37-43(54(4,5)6)35-36-45(51)38-19-9-7-10-20-38)50-30-16-14-26-47(50)48-28-18-24-41-23-17-27-46(52(41)48)39-21-11-8-12-22-39/h7,9-10,13-20,23-37,39H,8,11-12,21-22H2,1-6H3. The van der Waals surface area contributed by atoms with Gasteiger partial charge in [-0.2, -0.15) is 0 Å². The van der Waals surface area contributed by atoms with E-state index in [9.17, 15) is 0 Å². The van der Waals surface area contributed by atoms with E-state index in [-0.39, 0.29) is 10.8 Å². The third kappa shape index (κ3) is 7.38. The molecule has 1 aliphatic rings. The molecule has 276 valence electrons. The van der Waals surface area contributed by atoms with Gasteiger partial charge in [0.25, 0.3) is 0 Å². The number of hydrogen-bond acceptors (Lipinski definition) is 1. The van der Waals surface area contributed by atoms with Gasteiger partial charge >= 0.3 is 0 Å². The molecule has 0 bridgehead atoms. The zero-order valence-corrected chi connectivity index (χ0v) is 33.6. The maximum atomic E-state index is 2.57. The first-order valence-electron chi connectivity index (χ1n) is 20.4. The molecule has 0 atom stereocenters. The van der Waals surface area contributed by atoms with Crippen LogP contribution in [0.5, 0.6) is 0 Å². The Bertz CT molecular complexity index is 2410. The molecule has 1 saturated carbocycles. The van der Waals surface area contributed by atoms with E-state index in [0.717, 1.165) is 5.69 Å². The van der Waals surface area contributed by atoms with Crippen LogP contribution in [0.3, 0.4) is 0 Å². The third-order valence-electron chi connectivity index (χ3n) is 11.8. The van der Waals surface area contributed by atoms with Gasteiger partial charge in [-0.1, -0.05) is 200 Å². The predicted octanol–water partition coefficient (Wildman–Crippen LogP) is 16.0. The molecule has 1 heteroatoms.